The van der Waals surface area contributed by atoms with Gasteiger partial charge in [0.1, 0.15) is 34.9 Å². The van der Waals surface area contributed by atoms with E-state index in [1.807, 2.05) is 0 Å². The molecule has 1 rings (SSSR count). The summed E-state index contributed by atoms with van der Waals surface area (Å²) >= 11 is 0.717. The number of aliphatic hydroxyl groups excluding tert-OH is 4. The van der Waals surface area contributed by atoms with E-state index in [1.54, 1.807) is 6.26 Å². The van der Waals surface area contributed by atoms with E-state index >= 15 is 0 Å². The topological polar surface area (TPSA) is 183 Å². The summed E-state index contributed by atoms with van der Waals surface area (Å²) < 4.78 is 50.4. The minimum absolute atomic E-state index is 0.0221. The molecule has 0 aromatic rings. The zero-order chi connectivity index (χ0) is 19.9. The van der Waals surface area contributed by atoms with Gasteiger partial charge in [-0.15, -0.1) is 0 Å². The third kappa shape index (κ3) is 8.14. The van der Waals surface area contributed by atoms with Crippen molar-refractivity contribution in [2.45, 2.75) is 49.1 Å². The van der Waals surface area contributed by atoms with Crippen LogP contribution in [-0.2, 0) is 30.2 Å². The third-order valence-corrected chi connectivity index (χ3v) is 5.71. The van der Waals surface area contributed by atoms with Crippen LogP contribution in [0.5, 0.6) is 0 Å². The molecule has 0 spiro atoms. The second kappa shape index (κ2) is 10.9. The average Bonchev–Trinajstić information content (AvgIpc) is 2.55. The highest BCUT2D eigenvalue weighted by atomic mass is 32.3. The largest absolute Gasteiger partial charge is 0.466 e. The zero-order valence-corrected chi connectivity index (χ0v) is 16.3. The van der Waals surface area contributed by atoms with E-state index in [1.165, 1.54) is 0 Å². The van der Waals surface area contributed by atoms with Gasteiger partial charge < -0.3 is 25.2 Å². The van der Waals surface area contributed by atoms with Crippen LogP contribution >= 0.6 is 11.8 Å². The first-order valence-corrected chi connectivity index (χ1v) is 11.5. The lowest BCUT2D eigenvalue weighted by molar-refractivity contribution is -0.205. The highest BCUT2D eigenvalue weighted by molar-refractivity contribution is 8.14. The summed E-state index contributed by atoms with van der Waals surface area (Å²) in [6.45, 7) is -0.613. The first-order valence-electron chi connectivity index (χ1n) is 7.55. The maximum atomic E-state index is 11.1. The fourth-order valence-corrected chi connectivity index (χ4v) is 4.05. The number of oxime groups is 1. The number of aliphatic hydroxyl groups is 4. The fourth-order valence-electron chi connectivity index (χ4n) is 2.10. The Labute approximate surface area is 157 Å². The summed E-state index contributed by atoms with van der Waals surface area (Å²) in [4.78, 5) is 0. The Morgan fingerprint density at radius 1 is 1.23 bits per heavy atom. The van der Waals surface area contributed by atoms with Gasteiger partial charge in [0.05, 0.1) is 6.61 Å². The van der Waals surface area contributed by atoms with Crippen molar-refractivity contribution in [2.24, 2.45) is 5.16 Å². The molecule has 0 saturated carbocycles. The lowest BCUT2D eigenvalue weighted by Gasteiger charge is -2.39. The molecule has 5 N–H and O–H groups in total. The molecule has 26 heavy (non-hydrogen) atoms. The lowest BCUT2D eigenvalue weighted by atomic mass is 10.0. The van der Waals surface area contributed by atoms with Crippen molar-refractivity contribution in [1.82, 2.24) is 0 Å². The molecule has 0 aromatic carbocycles. The molecular formula is C12H23NO10S3. The van der Waals surface area contributed by atoms with E-state index in [2.05, 4.69) is 9.44 Å². The first-order chi connectivity index (χ1) is 12.0. The van der Waals surface area contributed by atoms with Gasteiger partial charge in [0.2, 0.25) is 0 Å². The van der Waals surface area contributed by atoms with Gasteiger partial charge in [-0.25, -0.2) is 4.28 Å². The van der Waals surface area contributed by atoms with Gasteiger partial charge in [-0.1, -0.05) is 16.9 Å². The molecule has 1 saturated heterocycles. The van der Waals surface area contributed by atoms with E-state index in [9.17, 15) is 27.9 Å². The van der Waals surface area contributed by atoms with Crippen LogP contribution in [0.1, 0.15) is 19.3 Å². The molecule has 0 aromatic heterocycles. The van der Waals surface area contributed by atoms with Crippen molar-refractivity contribution < 1.29 is 46.6 Å². The zero-order valence-electron chi connectivity index (χ0n) is 13.9. The van der Waals surface area contributed by atoms with E-state index in [4.69, 9.17) is 14.4 Å². The Bertz CT molecular complexity index is 596. The number of ether oxygens (including phenoxy) is 1. The Hall–Kier alpha value is -0.320. The third-order valence-electron chi connectivity index (χ3n) is 3.41. The summed E-state index contributed by atoms with van der Waals surface area (Å²) in [5, 5.41) is 42.0. The SMILES string of the molecule is CS(=O)CCCC/C(=N/OS(=O)(=O)O)S[C@@H]1O[C@H](CO)[C@@H](O)[C@H](O)[C@H]1O. The number of unbranched alkanes of at least 4 members (excludes halogenated alkanes) is 1. The van der Waals surface area contributed by atoms with Crippen LogP contribution in [0.2, 0.25) is 0 Å². The van der Waals surface area contributed by atoms with Crippen LogP contribution in [0.15, 0.2) is 5.16 Å². The highest BCUT2D eigenvalue weighted by Crippen LogP contribution is 2.30. The predicted octanol–water partition coefficient (Wildman–Crippen LogP) is -1.80. The highest BCUT2D eigenvalue weighted by Gasteiger charge is 2.44. The van der Waals surface area contributed by atoms with Crippen molar-refractivity contribution in [3.8, 4) is 0 Å². The monoisotopic (exact) mass is 437 g/mol. The molecule has 14 heteroatoms. The second-order valence-electron chi connectivity index (χ2n) is 5.54. The molecule has 1 fully saturated rings. The Morgan fingerprint density at radius 3 is 2.42 bits per heavy atom. The van der Waals surface area contributed by atoms with Gasteiger partial charge in [0, 0.05) is 22.8 Å². The van der Waals surface area contributed by atoms with E-state index < -0.39 is 57.7 Å². The van der Waals surface area contributed by atoms with Crippen molar-refractivity contribution in [3.05, 3.63) is 0 Å². The molecule has 1 aliphatic heterocycles. The molecule has 0 radical (unpaired) electrons. The van der Waals surface area contributed by atoms with Crippen molar-refractivity contribution in [3.63, 3.8) is 0 Å². The standard InChI is InChI=1S/C12H23NO10S3/c1-25(18)5-3-2-4-8(13-23-26(19,20)21)24-12-11(17)10(16)9(15)7(6-14)22-12/h7,9-12,14-17H,2-6H2,1H3,(H,19,20,21)/b13-8-/t7-,9-,10+,11-,12+,25?/m1/s1. The molecule has 1 aliphatic rings. The predicted molar refractivity (Wildman–Crippen MR) is 94.2 cm³/mol. The van der Waals surface area contributed by atoms with Crippen molar-refractivity contribution in [1.29, 1.82) is 0 Å². The molecule has 0 aliphatic carbocycles. The van der Waals surface area contributed by atoms with E-state index in [-0.39, 0.29) is 11.5 Å². The van der Waals surface area contributed by atoms with Crippen LogP contribution < -0.4 is 0 Å². The molecule has 0 amide bonds. The van der Waals surface area contributed by atoms with Crippen LogP contribution in [-0.4, -0.2) is 91.1 Å². The fraction of sp³-hybridized carbons (Fsp3) is 0.917. The van der Waals surface area contributed by atoms with Gasteiger partial charge in [0.15, 0.2) is 0 Å². The summed E-state index contributed by atoms with van der Waals surface area (Å²) in [7, 11) is -5.83. The van der Waals surface area contributed by atoms with Gasteiger partial charge >= 0.3 is 10.4 Å². The molecule has 154 valence electrons. The molecular weight excluding hydrogens is 414 g/mol. The number of hydrogen-bond donors (Lipinski definition) is 5. The Kier molecular flexibility index (Phi) is 9.92. The second-order valence-corrected chi connectivity index (χ2v) is 9.27. The normalized spacial score (nSPS) is 31.6. The maximum absolute atomic E-state index is 11.1. The van der Waals surface area contributed by atoms with Crippen molar-refractivity contribution >= 4 is 38.0 Å². The molecule has 11 nitrogen and oxygen atoms in total. The van der Waals surface area contributed by atoms with E-state index in [0.717, 1.165) is 11.8 Å². The van der Waals surface area contributed by atoms with Crippen LogP contribution in [0.25, 0.3) is 0 Å². The summed E-state index contributed by atoms with van der Waals surface area (Å²) in [5.41, 5.74) is -1.17. The summed E-state index contributed by atoms with van der Waals surface area (Å²) in [6.07, 6.45) is -3.09. The number of hydrogen-bond acceptors (Lipinski definition) is 11. The summed E-state index contributed by atoms with van der Waals surface area (Å²) in [5.74, 6) is 0.428. The van der Waals surface area contributed by atoms with Crippen LogP contribution in [0.4, 0.5) is 0 Å². The molecule has 0 bridgehead atoms. The van der Waals surface area contributed by atoms with Crippen molar-refractivity contribution in [2.75, 3.05) is 18.6 Å². The Morgan fingerprint density at radius 2 is 1.88 bits per heavy atom. The number of rotatable bonds is 9. The minimum Gasteiger partial charge on any atom is -0.394 e. The van der Waals surface area contributed by atoms with Gasteiger partial charge in [-0.05, 0) is 19.3 Å². The number of nitrogens with zero attached hydrogens (tertiary/aromatic N) is 1. The average molecular weight is 438 g/mol. The lowest BCUT2D eigenvalue weighted by Crippen LogP contribution is -2.57. The molecule has 6 atom stereocenters. The van der Waals surface area contributed by atoms with Gasteiger partial charge in [-0.2, -0.15) is 8.42 Å². The Balaban J connectivity index is 2.80. The molecule has 1 unspecified atom stereocenters. The smallest absolute Gasteiger partial charge is 0.394 e. The first kappa shape index (κ1) is 23.7. The molecule has 1 heterocycles. The van der Waals surface area contributed by atoms with Crippen LogP contribution in [0, 0.1) is 0 Å². The maximum Gasteiger partial charge on any atom is 0.466 e. The minimum atomic E-state index is -4.83. The van der Waals surface area contributed by atoms with Gasteiger partial charge in [-0.3, -0.25) is 8.76 Å². The number of thioether (sulfide) groups is 1. The van der Waals surface area contributed by atoms with E-state index in [0.29, 0.717) is 18.6 Å². The van der Waals surface area contributed by atoms with Gasteiger partial charge in [0.25, 0.3) is 0 Å². The summed E-state index contributed by atoms with van der Waals surface area (Å²) in [6, 6.07) is 0. The quantitative estimate of drug-likeness (QED) is 0.0901. The van der Waals surface area contributed by atoms with Crippen LogP contribution in [0.3, 0.4) is 0 Å².